The Morgan fingerprint density at radius 2 is 1.48 bits per heavy atom. The summed E-state index contributed by atoms with van der Waals surface area (Å²) in [6, 6.07) is 15.6. The summed E-state index contributed by atoms with van der Waals surface area (Å²) in [5.74, 6) is 0.116. The van der Waals surface area contributed by atoms with E-state index in [0.717, 1.165) is 39.3 Å². The largest absolute Gasteiger partial charge is 0.300 e. The maximum absolute atomic E-state index is 12.3. The van der Waals surface area contributed by atoms with Crippen LogP contribution in [0.4, 0.5) is 0 Å². The molecule has 1 fully saturated rings. The van der Waals surface area contributed by atoms with Gasteiger partial charge in [0.2, 0.25) is 0 Å². The Kier molecular flexibility index (Phi) is 10.7. The number of hydrogen-bond acceptors (Lipinski definition) is 3. The van der Waals surface area contributed by atoms with Gasteiger partial charge >= 0.3 is 0 Å². The summed E-state index contributed by atoms with van der Waals surface area (Å²) in [5, 5.41) is 0.912. The number of hydrogen-bond donors (Lipinski definition) is 0. The molecule has 0 saturated carbocycles. The predicted molar refractivity (Wildman–Crippen MR) is 118 cm³/mol. The van der Waals surface area contributed by atoms with Gasteiger partial charge in [0.25, 0.3) is 0 Å². The van der Waals surface area contributed by atoms with Gasteiger partial charge in [-0.2, -0.15) is 0 Å². The van der Waals surface area contributed by atoms with Crippen molar-refractivity contribution in [3.8, 4) is 0 Å². The van der Waals surface area contributed by atoms with Crippen molar-refractivity contribution in [1.82, 2.24) is 9.80 Å². The van der Waals surface area contributed by atoms with E-state index < -0.39 is 0 Å². The first kappa shape index (κ1) is 24.2. The van der Waals surface area contributed by atoms with Gasteiger partial charge in [-0.3, -0.25) is 9.69 Å². The predicted octanol–water partition coefficient (Wildman–Crippen LogP) is 5.23. The van der Waals surface area contributed by atoms with Crippen LogP contribution in [0.2, 0.25) is 10.0 Å². The highest BCUT2D eigenvalue weighted by Gasteiger charge is 2.18. The molecule has 1 heterocycles. The van der Waals surface area contributed by atoms with E-state index in [4.69, 9.17) is 23.2 Å². The first-order chi connectivity index (χ1) is 12.1. The molecule has 0 aliphatic carbocycles. The third-order valence-electron chi connectivity index (χ3n) is 4.61. The van der Waals surface area contributed by atoms with Crippen LogP contribution < -0.4 is 0 Å². The molecule has 0 unspecified atom stereocenters. The van der Waals surface area contributed by atoms with Crippen molar-refractivity contribution in [2.24, 2.45) is 0 Å². The van der Waals surface area contributed by atoms with E-state index in [1.54, 1.807) is 18.2 Å². The highest BCUT2D eigenvalue weighted by Crippen LogP contribution is 2.23. The zero-order valence-corrected chi connectivity index (χ0v) is 18.1. The first-order valence-electron chi connectivity index (χ1n) is 8.59. The molecular weight excluding hydrogens is 426 g/mol. The summed E-state index contributed by atoms with van der Waals surface area (Å²) in [7, 11) is 0. The molecule has 0 spiro atoms. The van der Waals surface area contributed by atoms with Crippen LogP contribution in [0.1, 0.15) is 22.3 Å². The lowest BCUT2D eigenvalue weighted by Crippen LogP contribution is -2.46. The summed E-state index contributed by atoms with van der Waals surface area (Å²) in [5.41, 5.74) is 1.99. The van der Waals surface area contributed by atoms with Gasteiger partial charge in [0.05, 0.1) is 10.0 Å². The van der Waals surface area contributed by atoms with E-state index in [2.05, 4.69) is 34.1 Å². The Morgan fingerprint density at radius 3 is 2.11 bits per heavy atom. The maximum Gasteiger partial charge on any atom is 0.164 e. The smallest absolute Gasteiger partial charge is 0.164 e. The minimum absolute atomic E-state index is 0. The first-order valence-corrected chi connectivity index (χ1v) is 9.34. The van der Waals surface area contributed by atoms with Crippen LogP contribution in [-0.2, 0) is 6.54 Å². The SMILES string of the molecule is Cl.Cl.O=C(CCN1CCN(Cc2ccccc2)CC1)c1ccc(Cl)c(Cl)c1. The number of rotatable bonds is 6. The second kappa shape index (κ2) is 11.9. The van der Waals surface area contributed by atoms with Gasteiger partial charge in [-0.15, -0.1) is 24.8 Å². The number of benzene rings is 2. The Balaban J connectivity index is 0.00000182. The van der Waals surface area contributed by atoms with Crippen LogP contribution in [0.25, 0.3) is 0 Å². The van der Waals surface area contributed by atoms with Gasteiger partial charge in [-0.25, -0.2) is 0 Å². The van der Waals surface area contributed by atoms with Crippen molar-refractivity contribution in [1.29, 1.82) is 0 Å². The molecule has 0 radical (unpaired) electrons. The molecule has 0 N–H and O–H groups in total. The second-order valence-corrected chi connectivity index (χ2v) is 7.22. The highest BCUT2D eigenvalue weighted by atomic mass is 35.5. The Bertz CT molecular complexity index is 719. The molecule has 7 heteroatoms. The zero-order valence-electron chi connectivity index (χ0n) is 14.9. The Labute approximate surface area is 183 Å². The van der Waals surface area contributed by atoms with Crippen LogP contribution >= 0.6 is 48.0 Å². The van der Waals surface area contributed by atoms with E-state index in [-0.39, 0.29) is 30.6 Å². The van der Waals surface area contributed by atoms with Crippen molar-refractivity contribution in [2.75, 3.05) is 32.7 Å². The normalized spacial score (nSPS) is 14.9. The molecular formula is C20H24Cl4N2O. The minimum Gasteiger partial charge on any atom is -0.300 e. The lowest BCUT2D eigenvalue weighted by molar-refractivity contribution is 0.0922. The molecule has 0 aromatic heterocycles. The lowest BCUT2D eigenvalue weighted by atomic mass is 10.1. The Morgan fingerprint density at radius 1 is 0.852 bits per heavy atom. The fourth-order valence-corrected chi connectivity index (χ4v) is 3.38. The number of piperazine rings is 1. The third kappa shape index (κ3) is 7.26. The molecule has 1 saturated heterocycles. The monoisotopic (exact) mass is 448 g/mol. The molecule has 0 bridgehead atoms. The van der Waals surface area contributed by atoms with Crippen molar-refractivity contribution in [2.45, 2.75) is 13.0 Å². The molecule has 2 aromatic carbocycles. The van der Waals surface area contributed by atoms with Gasteiger partial charge in [-0.1, -0.05) is 53.5 Å². The standard InChI is InChI=1S/C20H22Cl2N2O.2ClH/c21-18-7-6-17(14-19(18)22)20(25)8-9-23-10-12-24(13-11-23)15-16-4-2-1-3-5-16;;/h1-7,14H,8-13,15H2;2*1H. The Hall–Kier alpha value is -0.810. The number of Topliss-reactive ketones (excluding diaryl/α,β-unsaturated/α-hetero) is 1. The molecule has 0 atom stereocenters. The van der Waals surface area contributed by atoms with E-state index in [9.17, 15) is 4.79 Å². The fraction of sp³-hybridized carbons (Fsp3) is 0.350. The van der Waals surface area contributed by atoms with E-state index in [1.165, 1.54) is 5.56 Å². The van der Waals surface area contributed by atoms with Crippen molar-refractivity contribution >= 4 is 53.8 Å². The average Bonchev–Trinajstić information content (AvgIpc) is 2.64. The summed E-state index contributed by atoms with van der Waals surface area (Å²) in [6.07, 6.45) is 0.511. The van der Waals surface area contributed by atoms with Crippen molar-refractivity contribution in [3.05, 3.63) is 69.7 Å². The fourth-order valence-electron chi connectivity index (χ4n) is 3.09. The number of nitrogens with zero attached hydrogens (tertiary/aromatic N) is 2. The molecule has 3 rings (SSSR count). The number of carbonyl (C=O) groups excluding carboxylic acids is 1. The van der Waals surface area contributed by atoms with Crippen molar-refractivity contribution in [3.63, 3.8) is 0 Å². The maximum atomic E-state index is 12.3. The van der Waals surface area contributed by atoms with Crippen LogP contribution in [0.5, 0.6) is 0 Å². The quantitative estimate of drug-likeness (QED) is 0.564. The van der Waals surface area contributed by atoms with E-state index in [1.807, 2.05) is 6.07 Å². The molecule has 1 aliphatic heterocycles. The van der Waals surface area contributed by atoms with Crippen LogP contribution in [0.3, 0.4) is 0 Å². The topological polar surface area (TPSA) is 23.6 Å². The van der Waals surface area contributed by atoms with Gasteiger partial charge in [0.1, 0.15) is 0 Å². The number of ketones is 1. The van der Waals surface area contributed by atoms with E-state index >= 15 is 0 Å². The van der Waals surface area contributed by atoms with Gasteiger partial charge in [0, 0.05) is 51.3 Å². The molecule has 3 nitrogen and oxygen atoms in total. The third-order valence-corrected chi connectivity index (χ3v) is 5.35. The zero-order chi connectivity index (χ0) is 17.6. The second-order valence-electron chi connectivity index (χ2n) is 6.41. The summed E-state index contributed by atoms with van der Waals surface area (Å²) in [6.45, 7) is 5.86. The molecule has 148 valence electrons. The van der Waals surface area contributed by atoms with E-state index in [0.29, 0.717) is 22.0 Å². The van der Waals surface area contributed by atoms with Gasteiger partial charge in [-0.05, 0) is 23.8 Å². The lowest BCUT2D eigenvalue weighted by Gasteiger charge is -2.34. The van der Waals surface area contributed by atoms with Crippen molar-refractivity contribution < 1.29 is 4.79 Å². The number of carbonyl (C=O) groups is 1. The highest BCUT2D eigenvalue weighted by molar-refractivity contribution is 6.42. The van der Waals surface area contributed by atoms with Gasteiger partial charge < -0.3 is 4.90 Å². The minimum atomic E-state index is 0. The van der Waals surface area contributed by atoms with Crippen LogP contribution in [0.15, 0.2) is 48.5 Å². The summed E-state index contributed by atoms with van der Waals surface area (Å²) in [4.78, 5) is 17.1. The molecule has 27 heavy (non-hydrogen) atoms. The summed E-state index contributed by atoms with van der Waals surface area (Å²) < 4.78 is 0. The van der Waals surface area contributed by atoms with Crippen LogP contribution in [0, 0.1) is 0 Å². The van der Waals surface area contributed by atoms with Gasteiger partial charge in [0.15, 0.2) is 5.78 Å². The average molecular weight is 450 g/mol. The molecule has 2 aromatic rings. The summed E-state index contributed by atoms with van der Waals surface area (Å²) >= 11 is 11.9. The molecule has 0 amide bonds. The molecule has 1 aliphatic rings. The van der Waals surface area contributed by atoms with Crippen LogP contribution in [-0.4, -0.2) is 48.3 Å². The number of halogens is 4.